The summed E-state index contributed by atoms with van der Waals surface area (Å²) in [6, 6.07) is 9.16. The molecular formula is C20H20N4O2S. The van der Waals surface area contributed by atoms with Crippen LogP contribution in [-0.2, 0) is 22.6 Å². The van der Waals surface area contributed by atoms with E-state index in [1.54, 1.807) is 23.5 Å². The van der Waals surface area contributed by atoms with Gasteiger partial charge in [-0.1, -0.05) is 12.1 Å². The van der Waals surface area contributed by atoms with Gasteiger partial charge in [-0.25, -0.2) is 4.98 Å². The Kier molecular flexibility index (Phi) is 4.66. The van der Waals surface area contributed by atoms with Gasteiger partial charge in [-0.15, -0.1) is 11.3 Å². The van der Waals surface area contributed by atoms with Gasteiger partial charge >= 0.3 is 0 Å². The van der Waals surface area contributed by atoms with Crippen molar-refractivity contribution in [2.45, 2.75) is 19.9 Å². The van der Waals surface area contributed by atoms with Crippen molar-refractivity contribution in [2.24, 2.45) is 11.8 Å². The van der Waals surface area contributed by atoms with Crippen molar-refractivity contribution in [1.82, 2.24) is 14.8 Å². The number of carbonyl (C=O) groups is 2. The quantitative estimate of drug-likeness (QED) is 0.813. The highest BCUT2D eigenvalue weighted by molar-refractivity contribution is 7.09. The Morgan fingerprint density at radius 1 is 1.30 bits per heavy atom. The molecule has 1 aromatic heterocycles. The van der Waals surface area contributed by atoms with Crippen LogP contribution in [0.3, 0.4) is 0 Å². The monoisotopic (exact) mass is 380 g/mol. The molecule has 0 spiro atoms. The minimum Gasteiger partial charge on any atom is -0.341 e. The number of rotatable bonds is 4. The third-order valence-electron chi connectivity index (χ3n) is 5.34. The van der Waals surface area contributed by atoms with E-state index < -0.39 is 0 Å². The summed E-state index contributed by atoms with van der Waals surface area (Å²) in [7, 11) is 0. The molecule has 2 aliphatic rings. The van der Waals surface area contributed by atoms with Crippen molar-refractivity contribution in [3.05, 3.63) is 51.5 Å². The van der Waals surface area contributed by atoms with Gasteiger partial charge in [-0.3, -0.25) is 9.59 Å². The summed E-state index contributed by atoms with van der Waals surface area (Å²) in [5.41, 5.74) is 2.42. The molecule has 0 saturated carbocycles. The van der Waals surface area contributed by atoms with Crippen molar-refractivity contribution in [1.29, 1.82) is 5.26 Å². The van der Waals surface area contributed by atoms with Crippen LogP contribution in [0.5, 0.6) is 0 Å². The number of nitriles is 1. The molecule has 0 aliphatic carbocycles. The molecule has 0 unspecified atom stereocenters. The fourth-order valence-electron chi connectivity index (χ4n) is 3.95. The number of likely N-dealkylation sites (tertiary alicyclic amines) is 2. The van der Waals surface area contributed by atoms with E-state index in [2.05, 4.69) is 11.1 Å². The van der Waals surface area contributed by atoms with Crippen LogP contribution in [0, 0.1) is 30.1 Å². The zero-order valence-electron chi connectivity index (χ0n) is 15.1. The fourth-order valence-corrected chi connectivity index (χ4v) is 4.55. The highest BCUT2D eigenvalue weighted by Gasteiger charge is 2.47. The fraction of sp³-hybridized carbons (Fsp3) is 0.400. The Labute approximate surface area is 162 Å². The lowest BCUT2D eigenvalue weighted by Crippen LogP contribution is -2.36. The van der Waals surface area contributed by atoms with Crippen molar-refractivity contribution < 1.29 is 9.59 Å². The molecule has 2 atom stereocenters. The summed E-state index contributed by atoms with van der Waals surface area (Å²) >= 11 is 1.60. The van der Waals surface area contributed by atoms with Gasteiger partial charge in [0.25, 0.3) is 0 Å². The molecule has 0 bridgehead atoms. The van der Waals surface area contributed by atoms with Crippen LogP contribution in [0.2, 0.25) is 0 Å². The zero-order chi connectivity index (χ0) is 19.0. The molecular weight excluding hydrogens is 360 g/mol. The van der Waals surface area contributed by atoms with Crippen LogP contribution in [0.1, 0.15) is 21.8 Å². The van der Waals surface area contributed by atoms with Gasteiger partial charge in [-0.2, -0.15) is 5.26 Å². The lowest BCUT2D eigenvalue weighted by molar-refractivity contribution is -0.133. The molecule has 7 heteroatoms. The van der Waals surface area contributed by atoms with Gasteiger partial charge in [-0.05, 0) is 24.6 Å². The number of hydrogen-bond acceptors (Lipinski definition) is 5. The smallest absolute Gasteiger partial charge is 0.228 e. The summed E-state index contributed by atoms with van der Waals surface area (Å²) in [4.78, 5) is 33.5. The van der Waals surface area contributed by atoms with Crippen LogP contribution in [0.15, 0.2) is 29.6 Å². The summed E-state index contributed by atoms with van der Waals surface area (Å²) in [5, 5.41) is 11.9. The van der Waals surface area contributed by atoms with Crippen molar-refractivity contribution in [3.63, 3.8) is 0 Å². The Bertz CT molecular complexity index is 915. The highest BCUT2D eigenvalue weighted by atomic mass is 32.1. The predicted octanol–water partition coefficient (Wildman–Crippen LogP) is 1.98. The molecule has 1 aromatic carbocycles. The van der Waals surface area contributed by atoms with Gasteiger partial charge < -0.3 is 9.80 Å². The molecule has 27 heavy (non-hydrogen) atoms. The molecule has 138 valence electrons. The maximum atomic E-state index is 12.7. The first-order chi connectivity index (χ1) is 13.0. The second kappa shape index (κ2) is 7.12. The van der Waals surface area contributed by atoms with Gasteiger partial charge in [0.1, 0.15) is 0 Å². The SMILES string of the molecule is Cc1nc(CN2C[C@@H]3CN(C(=O)Cc4ccc(C#N)cc4)C[C@@H]3C2=O)cs1. The number of fused-ring (bicyclic) bond motifs is 1. The number of carbonyl (C=O) groups excluding carboxylic acids is 2. The molecule has 2 amide bonds. The van der Waals surface area contributed by atoms with Gasteiger partial charge in [0.15, 0.2) is 0 Å². The molecule has 6 nitrogen and oxygen atoms in total. The van der Waals surface area contributed by atoms with E-state index in [1.165, 1.54) is 0 Å². The number of amides is 2. The van der Waals surface area contributed by atoms with Crippen molar-refractivity contribution in [3.8, 4) is 6.07 Å². The van der Waals surface area contributed by atoms with Gasteiger partial charge in [0.2, 0.25) is 11.8 Å². The van der Waals surface area contributed by atoms with E-state index in [1.807, 2.05) is 34.2 Å². The highest BCUT2D eigenvalue weighted by Crippen LogP contribution is 2.33. The van der Waals surface area contributed by atoms with Crippen LogP contribution in [-0.4, -0.2) is 46.2 Å². The second-order valence-corrected chi connectivity index (χ2v) is 8.29. The first-order valence-corrected chi connectivity index (χ1v) is 9.88. The summed E-state index contributed by atoms with van der Waals surface area (Å²) in [5.74, 6) is 0.305. The van der Waals surface area contributed by atoms with E-state index >= 15 is 0 Å². The minimum atomic E-state index is -0.0883. The summed E-state index contributed by atoms with van der Waals surface area (Å²) < 4.78 is 0. The number of aromatic nitrogens is 1. The number of benzene rings is 1. The summed E-state index contributed by atoms with van der Waals surface area (Å²) in [6.45, 7) is 4.37. The number of hydrogen-bond donors (Lipinski definition) is 0. The Morgan fingerprint density at radius 3 is 2.70 bits per heavy atom. The third kappa shape index (κ3) is 3.58. The zero-order valence-corrected chi connectivity index (χ0v) is 15.9. The standard InChI is InChI=1S/C20H20N4O2S/c1-13-22-17(12-27-13)10-24-9-16-8-23(11-18(16)20(24)26)19(25)6-14-2-4-15(7-21)5-3-14/h2-5,12,16,18H,6,8-11H2,1H3/t16-,18-/m0/s1. The van der Waals surface area contributed by atoms with Crippen LogP contribution < -0.4 is 0 Å². The topological polar surface area (TPSA) is 77.3 Å². The average molecular weight is 380 g/mol. The molecule has 0 radical (unpaired) electrons. The summed E-state index contributed by atoms with van der Waals surface area (Å²) in [6.07, 6.45) is 0.307. The number of aryl methyl sites for hydroxylation is 1. The molecule has 2 aromatic rings. The first kappa shape index (κ1) is 17.7. The van der Waals surface area contributed by atoms with Crippen molar-refractivity contribution in [2.75, 3.05) is 19.6 Å². The van der Waals surface area contributed by atoms with E-state index in [0.717, 1.165) is 16.3 Å². The number of nitrogens with zero attached hydrogens (tertiary/aromatic N) is 4. The lowest BCUT2D eigenvalue weighted by Gasteiger charge is -2.21. The van der Waals surface area contributed by atoms with Gasteiger partial charge in [0, 0.05) is 30.9 Å². The average Bonchev–Trinajstić information content (AvgIpc) is 3.33. The van der Waals surface area contributed by atoms with E-state index in [-0.39, 0.29) is 23.7 Å². The Morgan fingerprint density at radius 2 is 2.07 bits per heavy atom. The lowest BCUT2D eigenvalue weighted by atomic mass is 10.0. The van der Waals surface area contributed by atoms with E-state index in [0.29, 0.717) is 38.2 Å². The Balaban J connectivity index is 1.35. The molecule has 0 N–H and O–H groups in total. The first-order valence-electron chi connectivity index (χ1n) is 9.00. The van der Waals surface area contributed by atoms with Crippen molar-refractivity contribution >= 4 is 23.2 Å². The maximum Gasteiger partial charge on any atom is 0.228 e. The predicted molar refractivity (Wildman–Crippen MR) is 101 cm³/mol. The van der Waals surface area contributed by atoms with E-state index in [4.69, 9.17) is 5.26 Å². The molecule has 2 aliphatic heterocycles. The van der Waals surface area contributed by atoms with Crippen LogP contribution in [0.25, 0.3) is 0 Å². The molecule has 3 heterocycles. The van der Waals surface area contributed by atoms with Crippen LogP contribution in [0.4, 0.5) is 0 Å². The maximum absolute atomic E-state index is 12.7. The van der Waals surface area contributed by atoms with Gasteiger partial charge in [0.05, 0.1) is 41.2 Å². The third-order valence-corrected chi connectivity index (χ3v) is 6.16. The largest absolute Gasteiger partial charge is 0.341 e. The molecule has 2 saturated heterocycles. The number of thiazole rings is 1. The molecule has 4 rings (SSSR count). The van der Waals surface area contributed by atoms with E-state index in [9.17, 15) is 9.59 Å². The minimum absolute atomic E-state index is 0.0450. The Hall–Kier alpha value is -2.72. The second-order valence-electron chi connectivity index (χ2n) is 7.23. The molecule has 2 fully saturated rings. The normalized spacial score (nSPS) is 21.4. The van der Waals surface area contributed by atoms with Crippen LogP contribution >= 0.6 is 11.3 Å².